The van der Waals surface area contributed by atoms with Crippen LogP contribution in [0.2, 0.25) is 0 Å². The lowest BCUT2D eigenvalue weighted by molar-refractivity contribution is -0.117. The van der Waals surface area contributed by atoms with Crippen molar-refractivity contribution in [2.45, 2.75) is 38.0 Å². The van der Waals surface area contributed by atoms with Crippen LogP contribution in [0, 0.1) is 20.8 Å². The molecule has 1 unspecified atom stereocenters. The zero-order valence-corrected chi connectivity index (χ0v) is 19.3. The smallest absolute Gasteiger partial charge is 0.236 e. The molecule has 1 fully saturated rings. The summed E-state index contributed by atoms with van der Waals surface area (Å²) in [6, 6.07) is 14.2. The number of anilines is 2. The Labute approximate surface area is 190 Å². The Morgan fingerprint density at radius 3 is 2.52 bits per heavy atom. The highest BCUT2D eigenvalue weighted by atomic mass is 32.2. The van der Waals surface area contributed by atoms with E-state index in [0.717, 1.165) is 26.7 Å². The lowest BCUT2D eigenvalue weighted by Crippen LogP contribution is -2.24. The summed E-state index contributed by atoms with van der Waals surface area (Å²) in [5, 5.41) is 12.4. The molecule has 1 aliphatic heterocycles. The third-order valence-electron chi connectivity index (χ3n) is 5.07. The van der Waals surface area contributed by atoms with Gasteiger partial charge < -0.3 is 4.90 Å². The van der Waals surface area contributed by atoms with Gasteiger partial charge in [0.05, 0.1) is 5.75 Å². The number of carbonyl (C=O) groups excluding carboxylic acids is 2. The van der Waals surface area contributed by atoms with Gasteiger partial charge in [-0.25, -0.2) is 0 Å². The Balaban J connectivity index is 1.35. The van der Waals surface area contributed by atoms with Gasteiger partial charge in [0.15, 0.2) is 0 Å². The Hall–Kier alpha value is -2.71. The largest absolute Gasteiger partial charge is 0.312 e. The fourth-order valence-corrected chi connectivity index (χ4v) is 5.17. The minimum absolute atomic E-state index is 0.0154. The zero-order chi connectivity index (χ0) is 22.0. The molecule has 1 aliphatic rings. The number of amides is 2. The van der Waals surface area contributed by atoms with Gasteiger partial charge >= 0.3 is 0 Å². The topological polar surface area (TPSA) is 75.2 Å². The summed E-state index contributed by atoms with van der Waals surface area (Å²) < 4.78 is 0. The van der Waals surface area contributed by atoms with Gasteiger partial charge in [0.2, 0.25) is 16.9 Å². The molecule has 0 radical (unpaired) electrons. The number of aromatic nitrogens is 2. The van der Waals surface area contributed by atoms with E-state index in [0.29, 0.717) is 23.8 Å². The van der Waals surface area contributed by atoms with Gasteiger partial charge in [-0.15, -0.1) is 22.0 Å². The van der Waals surface area contributed by atoms with Crippen molar-refractivity contribution in [3.8, 4) is 0 Å². The van der Waals surface area contributed by atoms with Gasteiger partial charge in [-0.3, -0.25) is 14.9 Å². The Morgan fingerprint density at radius 1 is 1.10 bits per heavy atom. The first-order valence-corrected chi connectivity index (χ1v) is 11.9. The third kappa shape index (κ3) is 5.32. The molecule has 160 valence electrons. The quantitative estimate of drug-likeness (QED) is 0.548. The van der Waals surface area contributed by atoms with Gasteiger partial charge in [-0.2, -0.15) is 0 Å². The number of rotatable bonds is 6. The summed E-state index contributed by atoms with van der Waals surface area (Å²) in [4.78, 5) is 27.8. The summed E-state index contributed by atoms with van der Waals surface area (Å²) in [6.07, 6.45) is 0.402. The van der Waals surface area contributed by atoms with E-state index in [9.17, 15) is 9.59 Å². The van der Waals surface area contributed by atoms with Crippen molar-refractivity contribution in [3.63, 3.8) is 0 Å². The number of hydrogen-bond donors (Lipinski definition) is 1. The van der Waals surface area contributed by atoms with Crippen LogP contribution in [0.25, 0.3) is 0 Å². The molecule has 1 saturated heterocycles. The number of benzene rings is 2. The average Bonchev–Trinajstić information content (AvgIpc) is 3.33. The highest BCUT2D eigenvalue weighted by Crippen LogP contribution is 2.35. The van der Waals surface area contributed by atoms with Crippen LogP contribution in [0.3, 0.4) is 0 Å². The first-order chi connectivity index (χ1) is 14.9. The summed E-state index contributed by atoms with van der Waals surface area (Å²) in [7, 11) is 0. The van der Waals surface area contributed by atoms with E-state index in [-0.39, 0.29) is 17.7 Å². The van der Waals surface area contributed by atoms with E-state index in [1.807, 2.05) is 62.1 Å². The molecule has 3 aromatic rings. The fourth-order valence-electron chi connectivity index (χ4n) is 3.62. The first kappa shape index (κ1) is 21.5. The molecule has 1 atom stereocenters. The minimum Gasteiger partial charge on any atom is -0.312 e. The zero-order valence-electron chi connectivity index (χ0n) is 17.7. The van der Waals surface area contributed by atoms with E-state index in [1.54, 1.807) is 0 Å². The second-order valence-electron chi connectivity index (χ2n) is 7.85. The van der Waals surface area contributed by atoms with Crippen LogP contribution in [-0.2, 0) is 9.59 Å². The number of nitrogens with one attached hydrogen (secondary N) is 1. The highest BCUT2D eigenvalue weighted by molar-refractivity contribution is 8.00. The molecule has 8 heteroatoms. The number of carbonyl (C=O) groups is 2. The first-order valence-electron chi connectivity index (χ1n) is 10.1. The summed E-state index contributed by atoms with van der Waals surface area (Å²) in [5.74, 6) is 0.261. The summed E-state index contributed by atoms with van der Waals surface area (Å²) in [5.41, 5.74) is 4.39. The molecule has 0 bridgehead atoms. The number of nitrogens with zero attached hydrogens (tertiary/aromatic N) is 3. The van der Waals surface area contributed by atoms with Crippen molar-refractivity contribution in [1.29, 1.82) is 0 Å². The van der Waals surface area contributed by atoms with Crippen LogP contribution in [0.5, 0.6) is 0 Å². The standard InChI is InChI=1S/C23H24N4O2S2/c1-14-4-6-19(7-5-14)30-13-20(28)24-23-26-25-22(31-23)17-11-21(29)27(12-17)18-9-15(2)8-16(3)10-18/h4-10,17H,11-13H2,1-3H3,(H,24,26,28). The van der Waals surface area contributed by atoms with Gasteiger partial charge in [0.1, 0.15) is 5.01 Å². The van der Waals surface area contributed by atoms with Crippen LogP contribution in [0.15, 0.2) is 47.4 Å². The fraction of sp³-hybridized carbons (Fsp3) is 0.304. The van der Waals surface area contributed by atoms with E-state index in [4.69, 9.17) is 0 Å². The minimum atomic E-state index is -0.118. The predicted molar refractivity (Wildman–Crippen MR) is 126 cm³/mol. The lowest BCUT2D eigenvalue weighted by Gasteiger charge is -2.17. The normalized spacial score (nSPS) is 16.0. The second kappa shape index (κ2) is 9.20. The molecule has 2 aromatic carbocycles. The van der Waals surface area contributed by atoms with Crippen molar-refractivity contribution in [3.05, 3.63) is 64.2 Å². The van der Waals surface area contributed by atoms with Crippen LogP contribution >= 0.6 is 23.1 Å². The van der Waals surface area contributed by atoms with E-state index in [2.05, 4.69) is 21.6 Å². The van der Waals surface area contributed by atoms with Gasteiger partial charge in [0, 0.05) is 29.5 Å². The molecular weight excluding hydrogens is 428 g/mol. The monoisotopic (exact) mass is 452 g/mol. The number of thioether (sulfide) groups is 1. The van der Waals surface area contributed by atoms with Crippen LogP contribution in [-0.4, -0.2) is 34.3 Å². The molecular formula is C23H24N4O2S2. The lowest BCUT2D eigenvalue weighted by atomic mass is 10.1. The molecule has 2 amide bonds. The number of hydrogen-bond acceptors (Lipinski definition) is 6. The maximum atomic E-state index is 12.6. The molecule has 0 aliphatic carbocycles. The number of aryl methyl sites for hydroxylation is 3. The van der Waals surface area contributed by atoms with E-state index < -0.39 is 0 Å². The highest BCUT2D eigenvalue weighted by Gasteiger charge is 2.34. The molecule has 0 saturated carbocycles. The van der Waals surface area contributed by atoms with Crippen LogP contribution in [0.4, 0.5) is 10.8 Å². The van der Waals surface area contributed by atoms with Crippen molar-refractivity contribution >= 4 is 45.7 Å². The van der Waals surface area contributed by atoms with Gasteiger partial charge in [-0.05, 0) is 56.2 Å². The maximum absolute atomic E-state index is 12.6. The van der Waals surface area contributed by atoms with E-state index in [1.165, 1.54) is 28.7 Å². The SMILES string of the molecule is Cc1ccc(SCC(=O)Nc2nnc(C3CC(=O)N(c4cc(C)cc(C)c4)C3)s2)cc1. The molecule has 1 aromatic heterocycles. The predicted octanol–water partition coefficient (Wildman–Crippen LogP) is 4.71. The second-order valence-corrected chi connectivity index (χ2v) is 9.90. The maximum Gasteiger partial charge on any atom is 0.236 e. The Kier molecular flexibility index (Phi) is 6.38. The summed E-state index contributed by atoms with van der Waals surface area (Å²) >= 11 is 2.83. The summed E-state index contributed by atoms with van der Waals surface area (Å²) in [6.45, 7) is 6.68. The average molecular weight is 453 g/mol. The van der Waals surface area contributed by atoms with E-state index >= 15 is 0 Å². The van der Waals surface area contributed by atoms with Gasteiger partial charge in [0.25, 0.3) is 0 Å². The Morgan fingerprint density at radius 2 is 1.81 bits per heavy atom. The molecule has 0 spiro atoms. The van der Waals surface area contributed by atoms with Crippen LogP contribution in [0.1, 0.15) is 34.0 Å². The van der Waals surface area contributed by atoms with Crippen molar-refractivity contribution in [2.75, 3.05) is 22.5 Å². The molecule has 2 heterocycles. The molecule has 1 N–H and O–H groups in total. The van der Waals surface area contributed by atoms with Crippen molar-refractivity contribution < 1.29 is 9.59 Å². The molecule has 4 rings (SSSR count). The Bertz CT molecular complexity index is 1090. The third-order valence-corrected chi connectivity index (χ3v) is 7.08. The van der Waals surface area contributed by atoms with Crippen molar-refractivity contribution in [1.82, 2.24) is 10.2 Å². The van der Waals surface area contributed by atoms with Crippen molar-refractivity contribution in [2.24, 2.45) is 0 Å². The van der Waals surface area contributed by atoms with Gasteiger partial charge in [-0.1, -0.05) is 35.1 Å². The molecule has 6 nitrogen and oxygen atoms in total. The molecule has 31 heavy (non-hydrogen) atoms. The van der Waals surface area contributed by atoms with Crippen LogP contribution < -0.4 is 10.2 Å².